The van der Waals surface area contributed by atoms with E-state index in [9.17, 15) is 24.0 Å². The summed E-state index contributed by atoms with van der Waals surface area (Å²) < 4.78 is 7.15. The summed E-state index contributed by atoms with van der Waals surface area (Å²) in [4.78, 5) is 73.9. The van der Waals surface area contributed by atoms with Crippen LogP contribution in [0.25, 0.3) is 5.82 Å². The molecule has 0 bridgehead atoms. The number of imide groups is 2. The van der Waals surface area contributed by atoms with Crippen molar-refractivity contribution in [3.8, 4) is 5.82 Å². The fourth-order valence-corrected chi connectivity index (χ4v) is 5.87. The number of rotatable bonds is 14. The van der Waals surface area contributed by atoms with Crippen LogP contribution in [0.2, 0.25) is 0 Å². The molecule has 0 unspecified atom stereocenters. The summed E-state index contributed by atoms with van der Waals surface area (Å²) in [6.07, 6.45) is 6.79. The zero-order chi connectivity index (χ0) is 31.8. The Morgan fingerprint density at radius 3 is 2.56 bits per heavy atom. The summed E-state index contributed by atoms with van der Waals surface area (Å²) in [5.74, 6) is -1.82. The van der Waals surface area contributed by atoms with Crippen molar-refractivity contribution < 1.29 is 28.7 Å². The Balaban J connectivity index is 1.00. The molecule has 0 saturated carbocycles. The number of carbonyl (C=O) groups excluding carboxylic acids is 5. The Kier molecular flexibility index (Phi) is 10.5. The molecule has 3 N–H and O–H groups in total. The minimum Gasteiger partial charge on any atom is -0.384 e. The Morgan fingerprint density at radius 2 is 1.78 bits per heavy atom. The van der Waals surface area contributed by atoms with Gasteiger partial charge in [-0.1, -0.05) is 25.8 Å². The maximum Gasteiger partial charge on any atom is 0.271 e. The fraction of sp³-hybridized carbons (Fsp3) is 0.433. The lowest BCUT2D eigenvalue weighted by Gasteiger charge is -2.25. The van der Waals surface area contributed by atoms with E-state index in [-0.39, 0.29) is 23.5 Å². The summed E-state index contributed by atoms with van der Waals surface area (Å²) in [5.41, 5.74) is 1.32. The van der Waals surface area contributed by atoms with Gasteiger partial charge in [0.15, 0.2) is 10.9 Å². The van der Waals surface area contributed by atoms with Crippen LogP contribution in [-0.4, -0.2) is 94.9 Å². The first kappa shape index (κ1) is 31.8. The second-order valence-corrected chi connectivity index (χ2v) is 11.4. The number of amides is 5. The molecule has 3 aromatic rings. The van der Waals surface area contributed by atoms with Crippen molar-refractivity contribution in [3.63, 3.8) is 0 Å². The number of fused-ring (bicyclic) bond motifs is 1. The molecule has 1 fully saturated rings. The molecule has 1 aromatic carbocycles. The number of hydrogen-bond donors (Lipinski definition) is 3. The van der Waals surface area contributed by atoms with E-state index in [0.29, 0.717) is 37.7 Å². The van der Waals surface area contributed by atoms with Crippen molar-refractivity contribution in [1.29, 1.82) is 0 Å². The van der Waals surface area contributed by atoms with Gasteiger partial charge in [0.2, 0.25) is 11.8 Å². The van der Waals surface area contributed by atoms with Crippen molar-refractivity contribution >= 4 is 51.7 Å². The van der Waals surface area contributed by atoms with E-state index >= 15 is 0 Å². The lowest BCUT2D eigenvalue weighted by Crippen LogP contribution is -2.42. The SMILES string of the molecule is CCC(=O)NC(=O)CN1C(=O)c2cccc(NCCCCCCNC(=O)c3cn(-c4csc(N5CCOCC5)n4)cn3)c2C1=O. The lowest BCUT2D eigenvalue weighted by molar-refractivity contribution is -0.130. The van der Waals surface area contributed by atoms with Crippen molar-refractivity contribution in [2.75, 3.05) is 56.2 Å². The molecule has 2 aromatic heterocycles. The maximum atomic E-state index is 13.0. The van der Waals surface area contributed by atoms with Crippen molar-refractivity contribution in [1.82, 2.24) is 30.1 Å². The van der Waals surface area contributed by atoms with Gasteiger partial charge in [0.1, 0.15) is 18.6 Å². The number of benzene rings is 1. The van der Waals surface area contributed by atoms with Gasteiger partial charge in [-0.2, -0.15) is 0 Å². The lowest BCUT2D eigenvalue weighted by atomic mass is 10.1. The van der Waals surface area contributed by atoms with Gasteiger partial charge in [-0.25, -0.2) is 9.97 Å². The summed E-state index contributed by atoms with van der Waals surface area (Å²) in [6, 6.07) is 4.96. The molecule has 238 valence electrons. The second-order valence-electron chi connectivity index (χ2n) is 10.6. The maximum absolute atomic E-state index is 13.0. The Morgan fingerprint density at radius 1 is 1.00 bits per heavy atom. The molecule has 0 atom stereocenters. The quantitative estimate of drug-likeness (QED) is 0.176. The highest BCUT2D eigenvalue weighted by molar-refractivity contribution is 7.14. The van der Waals surface area contributed by atoms with Gasteiger partial charge < -0.3 is 20.3 Å². The third kappa shape index (κ3) is 7.72. The highest BCUT2D eigenvalue weighted by atomic mass is 32.1. The van der Waals surface area contributed by atoms with Gasteiger partial charge in [0.05, 0.1) is 24.3 Å². The number of unbranched alkanes of at least 4 members (excludes halogenated alkanes) is 3. The smallest absolute Gasteiger partial charge is 0.271 e. The minimum absolute atomic E-state index is 0.119. The molecule has 1 saturated heterocycles. The Bertz CT molecular complexity index is 1560. The number of anilines is 2. The van der Waals surface area contributed by atoms with Crippen molar-refractivity contribution in [3.05, 3.63) is 52.9 Å². The van der Waals surface area contributed by atoms with Crippen LogP contribution in [0.15, 0.2) is 36.1 Å². The first-order valence-corrected chi connectivity index (χ1v) is 15.9. The number of morpholine rings is 1. The average Bonchev–Trinajstić information content (AvgIpc) is 3.79. The third-order valence-corrected chi connectivity index (χ3v) is 8.34. The van der Waals surface area contributed by atoms with Gasteiger partial charge in [-0.15, -0.1) is 11.3 Å². The zero-order valence-corrected chi connectivity index (χ0v) is 25.9. The van der Waals surface area contributed by atoms with Crippen LogP contribution in [0, 0.1) is 0 Å². The van der Waals surface area contributed by atoms with E-state index in [1.807, 2.05) is 5.38 Å². The van der Waals surface area contributed by atoms with Crippen LogP contribution in [0.3, 0.4) is 0 Å². The molecule has 4 heterocycles. The number of nitrogens with zero attached hydrogens (tertiary/aromatic N) is 5. The highest BCUT2D eigenvalue weighted by Gasteiger charge is 2.38. The van der Waals surface area contributed by atoms with E-state index in [1.165, 1.54) is 0 Å². The number of nitrogens with one attached hydrogen (secondary N) is 3. The Labute approximate surface area is 264 Å². The molecule has 5 amide bonds. The molecular weight excluding hydrogens is 600 g/mol. The monoisotopic (exact) mass is 636 g/mol. The normalized spacial score (nSPS) is 14.4. The predicted molar refractivity (Wildman–Crippen MR) is 167 cm³/mol. The summed E-state index contributed by atoms with van der Waals surface area (Å²) in [7, 11) is 0. The molecule has 0 aliphatic carbocycles. The minimum atomic E-state index is -0.703. The average molecular weight is 637 g/mol. The van der Waals surface area contributed by atoms with Crippen LogP contribution < -0.4 is 20.9 Å². The summed E-state index contributed by atoms with van der Waals surface area (Å²) >= 11 is 1.55. The topological polar surface area (TPSA) is 168 Å². The molecule has 2 aliphatic heterocycles. The number of thiazole rings is 1. The number of carbonyl (C=O) groups is 5. The predicted octanol–water partition coefficient (Wildman–Crippen LogP) is 2.22. The van der Waals surface area contributed by atoms with Crippen LogP contribution in [0.4, 0.5) is 10.8 Å². The van der Waals surface area contributed by atoms with Gasteiger partial charge in [0, 0.05) is 49.9 Å². The van der Waals surface area contributed by atoms with Crippen molar-refractivity contribution in [2.45, 2.75) is 39.0 Å². The first-order valence-electron chi connectivity index (χ1n) is 15.0. The third-order valence-electron chi connectivity index (χ3n) is 7.45. The highest BCUT2D eigenvalue weighted by Crippen LogP contribution is 2.29. The first-order chi connectivity index (χ1) is 21.9. The van der Waals surface area contributed by atoms with Crippen LogP contribution in [-0.2, 0) is 14.3 Å². The number of ether oxygens (including phenoxy) is 1. The summed E-state index contributed by atoms with van der Waals surface area (Å²) in [5, 5.41) is 11.2. The van der Waals surface area contributed by atoms with E-state index in [2.05, 4.69) is 30.8 Å². The molecular formula is C30H36N8O6S. The van der Waals surface area contributed by atoms with E-state index in [1.54, 1.807) is 53.6 Å². The van der Waals surface area contributed by atoms with Crippen molar-refractivity contribution in [2.24, 2.45) is 0 Å². The standard InChI is InChI=1S/C30H36N8O6S/c1-2-24(39)35-25(40)17-38-28(42)20-8-7-9-21(26(20)29(38)43)31-10-5-3-4-6-11-32-27(41)22-16-37(19-33-22)23-18-45-30(34-23)36-12-14-44-15-13-36/h7-9,16,18-19,31H,2-6,10-15,17H2,1H3,(H,32,41)(H,35,39,40). The van der Waals surface area contributed by atoms with Crippen LogP contribution in [0.5, 0.6) is 0 Å². The molecule has 45 heavy (non-hydrogen) atoms. The largest absolute Gasteiger partial charge is 0.384 e. The second kappa shape index (κ2) is 14.9. The van der Waals surface area contributed by atoms with E-state index in [4.69, 9.17) is 4.74 Å². The van der Waals surface area contributed by atoms with Gasteiger partial charge in [-0.3, -0.25) is 38.8 Å². The molecule has 0 radical (unpaired) electrons. The van der Waals surface area contributed by atoms with Gasteiger partial charge in [0.25, 0.3) is 17.7 Å². The molecule has 2 aliphatic rings. The number of hydrogen-bond acceptors (Lipinski definition) is 11. The number of aromatic nitrogens is 3. The van der Waals surface area contributed by atoms with Gasteiger partial charge in [-0.05, 0) is 25.0 Å². The zero-order valence-electron chi connectivity index (χ0n) is 25.0. The van der Waals surface area contributed by atoms with E-state index in [0.717, 1.165) is 54.6 Å². The molecule has 15 heteroatoms. The van der Waals surface area contributed by atoms with Crippen LogP contribution >= 0.6 is 11.3 Å². The molecule has 14 nitrogen and oxygen atoms in total. The molecule has 0 spiro atoms. The molecule has 5 rings (SSSR count). The van der Waals surface area contributed by atoms with E-state index < -0.39 is 30.2 Å². The fourth-order valence-electron chi connectivity index (χ4n) is 5.01. The van der Waals surface area contributed by atoms with Gasteiger partial charge >= 0.3 is 0 Å². The summed E-state index contributed by atoms with van der Waals surface area (Å²) in [6.45, 7) is 5.19. The number of imidazole rings is 1. The van der Waals surface area contributed by atoms with Crippen LogP contribution in [0.1, 0.15) is 70.2 Å². The Hall–Kier alpha value is -4.63.